The molecule has 0 saturated carbocycles. The van der Waals surface area contributed by atoms with Gasteiger partial charge in [-0.3, -0.25) is 9.78 Å². The Morgan fingerprint density at radius 1 is 1.42 bits per heavy atom. The van der Waals surface area contributed by atoms with E-state index in [4.69, 9.17) is 4.42 Å². The standard InChI is InChI=1S/C14H15FN2O2/c1-17(9-11-5-7-19-10-11)6-4-14(18)13-3-2-12(15)8-16-13/h2-3,5,7-8,10H,4,6,9H2,1H3. The molecular weight excluding hydrogens is 247 g/mol. The van der Waals surface area contributed by atoms with Crippen LogP contribution >= 0.6 is 0 Å². The van der Waals surface area contributed by atoms with Gasteiger partial charge in [-0.15, -0.1) is 0 Å². The maximum Gasteiger partial charge on any atom is 0.182 e. The highest BCUT2D eigenvalue weighted by atomic mass is 19.1. The quantitative estimate of drug-likeness (QED) is 0.750. The predicted molar refractivity (Wildman–Crippen MR) is 68.2 cm³/mol. The van der Waals surface area contributed by atoms with Crippen molar-refractivity contribution in [2.75, 3.05) is 13.6 Å². The number of pyridine rings is 1. The first kappa shape index (κ1) is 13.4. The van der Waals surface area contributed by atoms with E-state index in [-0.39, 0.29) is 5.78 Å². The van der Waals surface area contributed by atoms with Crippen LogP contribution < -0.4 is 0 Å². The van der Waals surface area contributed by atoms with Crippen LogP contribution in [0.1, 0.15) is 22.5 Å². The molecule has 0 fully saturated rings. The summed E-state index contributed by atoms with van der Waals surface area (Å²) >= 11 is 0. The molecule has 2 rings (SSSR count). The Morgan fingerprint density at radius 2 is 2.26 bits per heavy atom. The van der Waals surface area contributed by atoms with Crippen LogP contribution in [0.4, 0.5) is 4.39 Å². The van der Waals surface area contributed by atoms with E-state index in [1.165, 1.54) is 12.1 Å². The van der Waals surface area contributed by atoms with Crippen LogP contribution in [0.15, 0.2) is 41.3 Å². The maximum absolute atomic E-state index is 12.7. The Labute approximate surface area is 110 Å². The molecule has 0 aliphatic heterocycles. The third-order valence-corrected chi connectivity index (χ3v) is 2.77. The summed E-state index contributed by atoms with van der Waals surface area (Å²) in [6, 6.07) is 4.54. The first-order valence-corrected chi connectivity index (χ1v) is 5.99. The molecule has 0 atom stereocenters. The molecule has 2 heterocycles. The molecule has 5 heteroatoms. The number of hydrogen-bond acceptors (Lipinski definition) is 4. The average molecular weight is 262 g/mol. The third-order valence-electron chi connectivity index (χ3n) is 2.77. The van der Waals surface area contributed by atoms with Crippen LogP contribution in [0.25, 0.3) is 0 Å². The normalized spacial score (nSPS) is 10.9. The Hall–Kier alpha value is -2.01. The minimum Gasteiger partial charge on any atom is -0.472 e. The molecule has 0 aliphatic rings. The predicted octanol–water partition coefficient (Wildman–Crippen LogP) is 2.52. The number of ketones is 1. The number of carbonyl (C=O) groups excluding carboxylic acids is 1. The van der Waals surface area contributed by atoms with E-state index in [1.54, 1.807) is 12.5 Å². The summed E-state index contributed by atoms with van der Waals surface area (Å²) in [5.41, 5.74) is 1.37. The molecule has 0 N–H and O–H groups in total. The van der Waals surface area contributed by atoms with Gasteiger partial charge in [0.05, 0.1) is 18.7 Å². The summed E-state index contributed by atoms with van der Waals surface area (Å²) in [6.07, 6.45) is 4.71. The summed E-state index contributed by atoms with van der Waals surface area (Å²) in [4.78, 5) is 17.6. The topological polar surface area (TPSA) is 46.3 Å². The Balaban J connectivity index is 1.81. The molecule has 0 aromatic carbocycles. The van der Waals surface area contributed by atoms with Gasteiger partial charge in [0.2, 0.25) is 0 Å². The molecule has 100 valence electrons. The zero-order valence-electron chi connectivity index (χ0n) is 10.7. The maximum atomic E-state index is 12.7. The first-order valence-electron chi connectivity index (χ1n) is 5.99. The van der Waals surface area contributed by atoms with Gasteiger partial charge >= 0.3 is 0 Å². The van der Waals surface area contributed by atoms with Gasteiger partial charge in [0.25, 0.3) is 0 Å². The molecule has 2 aromatic rings. The molecule has 4 nitrogen and oxygen atoms in total. The van der Waals surface area contributed by atoms with Gasteiger partial charge in [-0.1, -0.05) is 0 Å². The molecule has 0 unspecified atom stereocenters. The van der Waals surface area contributed by atoms with Crippen LogP contribution in [-0.4, -0.2) is 29.3 Å². The van der Waals surface area contributed by atoms with E-state index in [2.05, 4.69) is 4.98 Å². The largest absolute Gasteiger partial charge is 0.472 e. The monoisotopic (exact) mass is 262 g/mol. The van der Waals surface area contributed by atoms with Crippen molar-refractivity contribution in [3.05, 3.63) is 54.0 Å². The van der Waals surface area contributed by atoms with E-state index in [0.717, 1.165) is 18.3 Å². The van der Waals surface area contributed by atoms with Crippen LogP contribution in [0, 0.1) is 5.82 Å². The van der Waals surface area contributed by atoms with E-state index in [0.29, 0.717) is 18.7 Å². The Morgan fingerprint density at radius 3 is 2.89 bits per heavy atom. The van der Waals surface area contributed by atoms with Crippen LogP contribution in [0.2, 0.25) is 0 Å². The van der Waals surface area contributed by atoms with Crippen molar-refractivity contribution in [3.63, 3.8) is 0 Å². The number of aromatic nitrogens is 1. The number of halogens is 1. The fourth-order valence-corrected chi connectivity index (χ4v) is 1.73. The second-order valence-electron chi connectivity index (χ2n) is 4.40. The van der Waals surface area contributed by atoms with E-state index >= 15 is 0 Å². The van der Waals surface area contributed by atoms with Crippen molar-refractivity contribution in [2.24, 2.45) is 0 Å². The number of hydrogen-bond donors (Lipinski definition) is 0. The third kappa shape index (κ3) is 3.99. The van der Waals surface area contributed by atoms with Crippen molar-refractivity contribution < 1.29 is 13.6 Å². The van der Waals surface area contributed by atoms with E-state index in [1.807, 2.05) is 18.0 Å². The van der Waals surface area contributed by atoms with Gasteiger partial charge in [-0.05, 0) is 25.2 Å². The van der Waals surface area contributed by atoms with Gasteiger partial charge in [0, 0.05) is 25.1 Å². The summed E-state index contributed by atoms with van der Waals surface area (Å²) in [5, 5.41) is 0. The molecule has 0 bridgehead atoms. The Bertz CT molecular complexity index is 523. The lowest BCUT2D eigenvalue weighted by molar-refractivity contribution is 0.0963. The van der Waals surface area contributed by atoms with E-state index in [9.17, 15) is 9.18 Å². The second-order valence-corrected chi connectivity index (χ2v) is 4.40. The number of furan rings is 1. The Kier molecular flexibility index (Phi) is 4.41. The zero-order chi connectivity index (χ0) is 13.7. The van der Waals surface area contributed by atoms with Crippen LogP contribution in [-0.2, 0) is 6.54 Å². The summed E-state index contributed by atoms with van der Waals surface area (Å²) < 4.78 is 17.7. The fourth-order valence-electron chi connectivity index (χ4n) is 1.73. The molecular formula is C14H15FN2O2. The number of nitrogens with zero attached hydrogens (tertiary/aromatic N) is 2. The van der Waals surface area contributed by atoms with Crippen molar-refractivity contribution in [2.45, 2.75) is 13.0 Å². The summed E-state index contributed by atoms with van der Waals surface area (Å²) in [7, 11) is 1.93. The average Bonchev–Trinajstić information content (AvgIpc) is 2.89. The van der Waals surface area contributed by atoms with Gasteiger partial charge in [0.15, 0.2) is 5.78 Å². The van der Waals surface area contributed by atoms with E-state index < -0.39 is 5.82 Å². The van der Waals surface area contributed by atoms with Crippen molar-refractivity contribution >= 4 is 5.78 Å². The lowest BCUT2D eigenvalue weighted by Crippen LogP contribution is -2.21. The van der Waals surface area contributed by atoms with Gasteiger partial charge in [0.1, 0.15) is 11.5 Å². The molecule has 0 spiro atoms. The molecule has 0 saturated heterocycles. The highest BCUT2D eigenvalue weighted by Crippen LogP contribution is 2.06. The minimum absolute atomic E-state index is 0.0842. The highest BCUT2D eigenvalue weighted by molar-refractivity contribution is 5.94. The highest BCUT2D eigenvalue weighted by Gasteiger charge is 2.09. The van der Waals surface area contributed by atoms with Gasteiger partial charge in [-0.25, -0.2) is 4.39 Å². The molecule has 19 heavy (non-hydrogen) atoms. The minimum atomic E-state index is -0.436. The molecule has 2 aromatic heterocycles. The lowest BCUT2D eigenvalue weighted by atomic mass is 10.2. The molecule has 0 amide bonds. The SMILES string of the molecule is CN(CCC(=O)c1ccc(F)cn1)Cc1ccoc1. The zero-order valence-corrected chi connectivity index (χ0v) is 10.7. The first-order chi connectivity index (χ1) is 9.15. The van der Waals surface area contributed by atoms with Crippen molar-refractivity contribution in [3.8, 4) is 0 Å². The van der Waals surface area contributed by atoms with Crippen LogP contribution in [0.3, 0.4) is 0 Å². The second kappa shape index (κ2) is 6.24. The van der Waals surface area contributed by atoms with Gasteiger partial charge in [-0.2, -0.15) is 0 Å². The summed E-state index contributed by atoms with van der Waals surface area (Å²) in [6.45, 7) is 1.34. The molecule has 0 radical (unpaired) electrons. The van der Waals surface area contributed by atoms with Gasteiger partial charge < -0.3 is 9.32 Å². The summed E-state index contributed by atoms with van der Waals surface area (Å²) in [5.74, 6) is -0.521. The molecule has 0 aliphatic carbocycles. The van der Waals surface area contributed by atoms with Crippen LogP contribution in [0.5, 0.6) is 0 Å². The number of carbonyl (C=O) groups is 1. The smallest absolute Gasteiger partial charge is 0.182 e. The number of rotatable bonds is 6. The fraction of sp³-hybridized carbons (Fsp3) is 0.286. The lowest BCUT2D eigenvalue weighted by Gasteiger charge is -2.14. The van der Waals surface area contributed by atoms with Crippen molar-refractivity contribution in [1.82, 2.24) is 9.88 Å². The van der Waals surface area contributed by atoms with Crippen molar-refractivity contribution in [1.29, 1.82) is 0 Å². The number of Topliss-reactive ketones (excluding diaryl/α,β-unsaturated/α-hetero) is 1.